The third-order valence-corrected chi connectivity index (χ3v) is 2.25. The smallest absolute Gasteiger partial charge is 0.315 e. The monoisotopic (exact) mass is 231 g/mol. The second-order valence-corrected chi connectivity index (χ2v) is 3.54. The quantitative estimate of drug-likeness (QED) is 0.851. The molecule has 0 bridgehead atoms. The number of alkyl halides is 2. The summed E-state index contributed by atoms with van der Waals surface area (Å²) in [4.78, 5) is 10.7. The summed E-state index contributed by atoms with van der Waals surface area (Å²) in [6.07, 6.45) is -3.06. The van der Waals surface area contributed by atoms with Gasteiger partial charge in [0.2, 0.25) is 0 Å². The van der Waals surface area contributed by atoms with Crippen molar-refractivity contribution in [3.63, 3.8) is 0 Å². The Morgan fingerprint density at radius 3 is 2.50 bits per heavy atom. The normalized spacial score (nSPS) is 12.6. The molecule has 0 aliphatic heterocycles. The van der Waals surface area contributed by atoms with E-state index < -0.39 is 24.2 Å². The van der Waals surface area contributed by atoms with E-state index in [1.165, 1.54) is 19.1 Å². The van der Waals surface area contributed by atoms with Gasteiger partial charge in [-0.05, 0) is 31.0 Å². The van der Waals surface area contributed by atoms with Crippen molar-refractivity contribution < 1.29 is 18.0 Å². The molecule has 2 nitrogen and oxygen atoms in total. The molecule has 0 saturated carbocycles. The summed E-state index contributed by atoms with van der Waals surface area (Å²) in [5.74, 6) is -1.77. The summed E-state index contributed by atoms with van der Waals surface area (Å²) >= 11 is 0. The van der Waals surface area contributed by atoms with Gasteiger partial charge in [-0.3, -0.25) is 4.79 Å². The highest BCUT2D eigenvalue weighted by Crippen LogP contribution is 2.16. The Morgan fingerprint density at radius 2 is 2.00 bits per heavy atom. The van der Waals surface area contributed by atoms with Crippen molar-refractivity contribution in [1.29, 1.82) is 0 Å². The summed E-state index contributed by atoms with van der Waals surface area (Å²) in [6, 6.07) is 3.72. The summed E-state index contributed by atoms with van der Waals surface area (Å²) < 4.78 is 37.1. The van der Waals surface area contributed by atoms with Crippen molar-refractivity contribution in [3.8, 4) is 0 Å². The summed E-state index contributed by atoms with van der Waals surface area (Å²) in [7, 11) is 0. The molecule has 1 unspecified atom stereocenters. The van der Waals surface area contributed by atoms with Gasteiger partial charge in [-0.25, -0.2) is 4.39 Å². The van der Waals surface area contributed by atoms with Crippen molar-refractivity contribution in [2.75, 3.05) is 0 Å². The lowest BCUT2D eigenvalue weighted by Crippen LogP contribution is -2.31. The fourth-order valence-corrected chi connectivity index (χ4v) is 1.24. The number of aryl methyl sites for hydroxylation is 1. The van der Waals surface area contributed by atoms with E-state index in [2.05, 4.69) is 5.32 Å². The molecule has 1 N–H and O–H groups in total. The van der Waals surface area contributed by atoms with Crippen molar-refractivity contribution in [1.82, 2.24) is 5.32 Å². The number of hydrogen-bond acceptors (Lipinski definition) is 1. The van der Waals surface area contributed by atoms with Gasteiger partial charge >= 0.3 is 6.43 Å². The van der Waals surface area contributed by atoms with E-state index >= 15 is 0 Å². The van der Waals surface area contributed by atoms with E-state index in [1.807, 2.05) is 0 Å². The molecule has 1 aromatic carbocycles. The molecule has 16 heavy (non-hydrogen) atoms. The van der Waals surface area contributed by atoms with Gasteiger partial charge in [0, 0.05) is 0 Å². The third-order valence-electron chi connectivity index (χ3n) is 2.25. The van der Waals surface area contributed by atoms with Crippen LogP contribution in [0.25, 0.3) is 0 Å². The number of hydrogen-bond donors (Lipinski definition) is 1. The Bertz CT molecular complexity index is 393. The van der Waals surface area contributed by atoms with Crippen LogP contribution in [0.3, 0.4) is 0 Å². The molecule has 88 valence electrons. The number of carbonyl (C=O) groups is 1. The lowest BCUT2D eigenvalue weighted by Gasteiger charge is -2.14. The zero-order valence-corrected chi connectivity index (χ0v) is 8.93. The minimum absolute atomic E-state index is 0.421. The van der Waals surface area contributed by atoms with Crippen molar-refractivity contribution in [2.45, 2.75) is 26.3 Å². The van der Waals surface area contributed by atoms with Gasteiger partial charge in [-0.2, -0.15) is 8.78 Å². The van der Waals surface area contributed by atoms with Crippen molar-refractivity contribution >= 4 is 5.91 Å². The van der Waals surface area contributed by atoms with Crippen LogP contribution < -0.4 is 5.32 Å². The zero-order chi connectivity index (χ0) is 12.3. The Labute approximate surface area is 91.5 Å². The van der Waals surface area contributed by atoms with Gasteiger partial charge < -0.3 is 5.32 Å². The summed E-state index contributed by atoms with van der Waals surface area (Å²) in [5.41, 5.74) is 0.924. The van der Waals surface area contributed by atoms with Crippen LogP contribution in [0, 0.1) is 12.7 Å². The van der Waals surface area contributed by atoms with Crippen LogP contribution in [0.2, 0.25) is 0 Å². The molecule has 0 fully saturated rings. The number of amides is 1. The third kappa shape index (κ3) is 2.98. The van der Waals surface area contributed by atoms with E-state index in [0.29, 0.717) is 11.1 Å². The molecule has 1 atom stereocenters. The second-order valence-electron chi connectivity index (χ2n) is 3.54. The molecule has 0 aliphatic rings. The predicted molar refractivity (Wildman–Crippen MR) is 53.7 cm³/mol. The highest BCUT2D eigenvalue weighted by atomic mass is 19.3. The molecule has 0 saturated heterocycles. The van der Waals surface area contributed by atoms with Gasteiger partial charge in [0.25, 0.3) is 5.91 Å². The molecule has 0 aliphatic carbocycles. The molecule has 0 spiro atoms. The lowest BCUT2D eigenvalue weighted by atomic mass is 10.1. The van der Waals surface area contributed by atoms with E-state index in [-0.39, 0.29) is 0 Å². The Balaban J connectivity index is 2.77. The van der Waals surface area contributed by atoms with Gasteiger partial charge in [-0.15, -0.1) is 0 Å². The van der Waals surface area contributed by atoms with E-state index in [9.17, 15) is 18.0 Å². The Morgan fingerprint density at radius 1 is 1.38 bits per heavy atom. The summed E-state index contributed by atoms with van der Waals surface area (Å²) in [6.45, 7) is 3.12. The zero-order valence-electron chi connectivity index (χ0n) is 8.93. The molecule has 1 rings (SSSR count). The van der Waals surface area contributed by atoms with E-state index in [1.54, 1.807) is 13.0 Å². The maximum Gasteiger partial charge on any atom is 0.315 e. The minimum atomic E-state index is -3.06. The molecule has 0 radical (unpaired) electrons. The maximum atomic E-state index is 13.2. The predicted octanol–water partition coefficient (Wildman–Crippen LogP) is 2.58. The summed E-state index contributed by atoms with van der Waals surface area (Å²) in [5, 5.41) is 2.09. The number of carbonyl (C=O) groups excluding carboxylic acids is 1. The lowest BCUT2D eigenvalue weighted by molar-refractivity contribution is -0.132. The molecular weight excluding hydrogens is 219 g/mol. The number of rotatable bonds is 3. The average molecular weight is 231 g/mol. The molecule has 1 aromatic rings. The topological polar surface area (TPSA) is 29.1 Å². The number of nitrogens with one attached hydrogen (secondary N) is 1. The van der Waals surface area contributed by atoms with Crippen LogP contribution >= 0.6 is 0 Å². The molecule has 5 heteroatoms. The first kappa shape index (κ1) is 12.5. The molecule has 0 heterocycles. The van der Waals surface area contributed by atoms with Crippen molar-refractivity contribution in [2.24, 2.45) is 0 Å². The highest BCUT2D eigenvalue weighted by molar-refractivity contribution is 5.79. The van der Waals surface area contributed by atoms with Crippen molar-refractivity contribution in [3.05, 3.63) is 35.1 Å². The largest absolute Gasteiger partial charge is 0.345 e. The van der Waals surface area contributed by atoms with Crippen LogP contribution in [-0.4, -0.2) is 12.3 Å². The van der Waals surface area contributed by atoms with Crippen LogP contribution in [0.1, 0.15) is 24.1 Å². The van der Waals surface area contributed by atoms with Gasteiger partial charge in [0.1, 0.15) is 5.82 Å². The first-order valence-corrected chi connectivity index (χ1v) is 4.76. The number of halogens is 3. The molecular formula is C11H12F3NO. The van der Waals surface area contributed by atoms with E-state index in [0.717, 1.165) is 0 Å². The second kappa shape index (κ2) is 5.01. The van der Waals surface area contributed by atoms with Gasteiger partial charge in [0.05, 0.1) is 6.04 Å². The Kier molecular flexibility index (Phi) is 3.93. The van der Waals surface area contributed by atoms with Crippen LogP contribution in [0.4, 0.5) is 13.2 Å². The van der Waals surface area contributed by atoms with Crippen LogP contribution in [-0.2, 0) is 4.79 Å². The maximum absolute atomic E-state index is 13.2. The average Bonchev–Trinajstić information content (AvgIpc) is 2.21. The number of benzene rings is 1. The van der Waals surface area contributed by atoms with E-state index in [4.69, 9.17) is 0 Å². The Hall–Kier alpha value is -1.52. The standard InChI is InChI=1S/C11H12F3NO/c1-6-3-4-8(5-9(6)12)7(2)15-11(16)10(13)14/h3-5,7,10H,1-2H3,(H,15,16). The first-order chi connectivity index (χ1) is 7.41. The van der Waals surface area contributed by atoms with Crippen LogP contribution in [0.5, 0.6) is 0 Å². The fraction of sp³-hybridized carbons (Fsp3) is 0.364. The minimum Gasteiger partial charge on any atom is -0.345 e. The highest BCUT2D eigenvalue weighted by Gasteiger charge is 2.18. The van der Waals surface area contributed by atoms with Crippen LogP contribution in [0.15, 0.2) is 18.2 Å². The molecule has 1 amide bonds. The van der Waals surface area contributed by atoms with Gasteiger partial charge in [-0.1, -0.05) is 12.1 Å². The fourth-order valence-electron chi connectivity index (χ4n) is 1.24. The SMILES string of the molecule is Cc1ccc(C(C)NC(=O)C(F)F)cc1F. The molecule has 0 aromatic heterocycles. The first-order valence-electron chi connectivity index (χ1n) is 4.76. The van der Waals surface area contributed by atoms with Gasteiger partial charge in [0.15, 0.2) is 0 Å².